The van der Waals surface area contributed by atoms with Crippen molar-refractivity contribution in [1.29, 1.82) is 0 Å². The van der Waals surface area contributed by atoms with E-state index >= 15 is 0 Å². The van der Waals surface area contributed by atoms with Gasteiger partial charge in [0.15, 0.2) is 11.5 Å². The van der Waals surface area contributed by atoms with Crippen LogP contribution < -0.4 is 24.3 Å². The molecule has 8 heteroatoms. The van der Waals surface area contributed by atoms with Gasteiger partial charge in [-0.1, -0.05) is 6.07 Å². The van der Waals surface area contributed by atoms with Crippen LogP contribution in [0.25, 0.3) is 0 Å². The number of rotatable bonds is 9. The quantitative estimate of drug-likeness (QED) is 0.330. The minimum atomic E-state index is -0.881. The highest BCUT2D eigenvalue weighted by atomic mass is 16.6. The van der Waals surface area contributed by atoms with Crippen molar-refractivity contribution < 1.29 is 33.6 Å². The molecule has 0 aliphatic heterocycles. The molecule has 0 radical (unpaired) electrons. The molecule has 0 saturated carbocycles. The third-order valence-electron chi connectivity index (χ3n) is 5.24. The Morgan fingerprint density at radius 1 is 0.778 bits per heavy atom. The summed E-state index contributed by atoms with van der Waals surface area (Å²) in [6.07, 6.45) is -0.881. The summed E-state index contributed by atoms with van der Waals surface area (Å²) in [5.41, 5.74) is 0.872. The van der Waals surface area contributed by atoms with Gasteiger partial charge in [0, 0.05) is 12.1 Å². The number of ether oxygens (including phenoxy) is 4. The van der Waals surface area contributed by atoms with Crippen molar-refractivity contribution in [2.75, 3.05) is 20.8 Å². The maximum Gasteiger partial charge on any atom is 0.343 e. The molecule has 0 heterocycles. The highest BCUT2D eigenvalue weighted by Gasteiger charge is 2.20. The number of hydrogen-bond donors (Lipinski definition) is 2. The molecule has 3 rings (SSSR count). The van der Waals surface area contributed by atoms with Crippen molar-refractivity contribution in [3.05, 3.63) is 83.4 Å². The predicted molar refractivity (Wildman–Crippen MR) is 135 cm³/mol. The monoisotopic (exact) mass is 493 g/mol. The molecular weight excluding hydrogens is 462 g/mol. The van der Waals surface area contributed by atoms with E-state index in [2.05, 4.69) is 5.32 Å². The smallest absolute Gasteiger partial charge is 0.343 e. The lowest BCUT2D eigenvalue weighted by Gasteiger charge is -2.23. The minimum Gasteiger partial charge on any atom is -0.497 e. The predicted octanol–water partition coefficient (Wildman–Crippen LogP) is 4.56. The summed E-state index contributed by atoms with van der Waals surface area (Å²) in [4.78, 5) is 25.6. The molecule has 0 bridgehead atoms. The van der Waals surface area contributed by atoms with Gasteiger partial charge in [0.05, 0.1) is 31.5 Å². The molecule has 0 amide bonds. The van der Waals surface area contributed by atoms with Crippen LogP contribution in [0.2, 0.25) is 0 Å². The lowest BCUT2D eigenvalue weighted by molar-refractivity contribution is 0.0681. The first-order valence-corrected chi connectivity index (χ1v) is 11.4. The SMILES string of the molecule is COc1ccc(C(=O)Oc2ccc(C(O)CNC(C)(C)C)cc2OC(=O)c2ccc(OC)cc2)cc1. The minimum absolute atomic E-state index is 0.00462. The van der Waals surface area contributed by atoms with Crippen LogP contribution in [0.5, 0.6) is 23.0 Å². The molecule has 3 aromatic carbocycles. The normalized spacial score (nSPS) is 11.9. The highest BCUT2D eigenvalue weighted by molar-refractivity contribution is 5.93. The Hall–Kier alpha value is -3.88. The van der Waals surface area contributed by atoms with E-state index in [4.69, 9.17) is 18.9 Å². The van der Waals surface area contributed by atoms with Gasteiger partial charge in [-0.05, 0) is 87.0 Å². The van der Waals surface area contributed by atoms with Gasteiger partial charge in [-0.15, -0.1) is 0 Å². The topological polar surface area (TPSA) is 103 Å². The summed E-state index contributed by atoms with van der Waals surface area (Å²) in [5, 5.41) is 13.9. The molecule has 2 N–H and O–H groups in total. The van der Waals surface area contributed by atoms with Gasteiger partial charge in [0.2, 0.25) is 0 Å². The third kappa shape index (κ3) is 7.31. The number of nitrogens with one attached hydrogen (secondary N) is 1. The largest absolute Gasteiger partial charge is 0.497 e. The van der Waals surface area contributed by atoms with E-state index in [1.165, 1.54) is 26.4 Å². The summed E-state index contributed by atoms with van der Waals surface area (Å²) in [5.74, 6) is -0.0525. The van der Waals surface area contributed by atoms with Crippen molar-refractivity contribution in [3.8, 4) is 23.0 Å². The van der Waals surface area contributed by atoms with Crippen molar-refractivity contribution in [2.45, 2.75) is 32.4 Å². The zero-order chi connectivity index (χ0) is 26.3. The fourth-order valence-corrected chi connectivity index (χ4v) is 3.19. The molecule has 1 atom stereocenters. The second-order valence-electron chi connectivity index (χ2n) is 9.09. The number of aliphatic hydroxyl groups excluding tert-OH is 1. The Morgan fingerprint density at radius 2 is 1.25 bits per heavy atom. The Bertz CT molecular complexity index is 1180. The van der Waals surface area contributed by atoms with Crippen molar-refractivity contribution in [2.24, 2.45) is 0 Å². The Morgan fingerprint density at radius 3 is 1.69 bits per heavy atom. The standard InChI is InChI=1S/C28H31NO7/c1-28(2,3)29-17-23(30)20-10-15-24(35-26(31)18-6-11-21(33-4)12-7-18)25(16-20)36-27(32)19-8-13-22(34-5)14-9-19/h6-16,23,29-30H,17H2,1-5H3. The van der Waals surface area contributed by atoms with Gasteiger partial charge < -0.3 is 29.4 Å². The van der Waals surface area contributed by atoms with Crippen LogP contribution in [0, 0.1) is 0 Å². The molecule has 0 aliphatic rings. The van der Waals surface area contributed by atoms with E-state index in [1.807, 2.05) is 20.8 Å². The summed E-state index contributed by atoms with van der Waals surface area (Å²) >= 11 is 0. The van der Waals surface area contributed by atoms with E-state index in [-0.39, 0.29) is 29.1 Å². The van der Waals surface area contributed by atoms with Gasteiger partial charge in [0.25, 0.3) is 0 Å². The number of hydrogen-bond acceptors (Lipinski definition) is 8. The van der Waals surface area contributed by atoms with Crippen LogP contribution in [-0.2, 0) is 0 Å². The number of methoxy groups -OCH3 is 2. The molecule has 0 saturated heterocycles. The van der Waals surface area contributed by atoms with Gasteiger partial charge >= 0.3 is 11.9 Å². The molecule has 0 aromatic heterocycles. The number of esters is 2. The summed E-state index contributed by atoms with van der Waals surface area (Å²) in [6.45, 7) is 6.25. The van der Waals surface area contributed by atoms with Crippen LogP contribution in [-0.4, -0.2) is 43.3 Å². The lowest BCUT2D eigenvalue weighted by Crippen LogP contribution is -2.38. The molecule has 0 aliphatic carbocycles. The molecule has 3 aromatic rings. The number of β-amino-alcohol motifs (C(OH)–C–C–N with tert-alkyl or cyclic N) is 1. The summed E-state index contributed by atoms with van der Waals surface area (Å²) < 4.78 is 21.4. The molecule has 36 heavy (non-hydrogen) atoms. The fraction of sp³-hybridized carbons (Fsp3) is 0.286. The van der Waals surface area contributed by atoms with Crippen molar-refractivity contribution >= 4 is 11.9 Å². The van der Waals surface area contributed by atoms with Crippen LogP contribution in [0.4, 0.5) is 0 Å². The maximum atomic E-state index is 12.8. The zero-order valence-electron chi connectivity index (χ0n) is 21.0. The molecule has 0 fully saturated rings. The second-order valence-corrected chi connectivity index (χ2v) is 9.09. The van der Waals surface area contributed by atoms with Crippen LogP contribution in [0.3, 0.4) is 0 Å². The van der Waals surface area contributed by atoms with Gasteiger partial charge in [-0.2, -0.15) is 0 Å². The molecule has 190 valence electrons. The van der Waals surface area contributed by atoms with Gasteiger partial charge in [0.1, 0.15) is 11.5 Å². The third-order valence-corrected chi connectivity index (χ3v) is 5.24. The number of aliphatic hydroxyl groups is 1. The van der Waals surface area contributed by atoms with E-state index in [0.29, 0.717) is 22.6 Å². The highest BCUT2D eigenvalue weighted by Crippen LogP contribution is 2.32. The Labute approximate surface area is 210 Å². The number of carbonyl (C=O) groups is 2. The average Bonchev–Trinajstić information content (AvgIpc) is 2.87. The molecule has 8 nitrogen and oxygen atoms in total. The number of carbonyl (C=O) groups excluding carboxylic acids is 2. The lowest BCUT2D eigenvalue weighted by atomic mass is 10.1. The van der Waals surface area contributed by atoms with E-state index in [9.17, 15) is 14.7 Å². The first kappa shape index (κ1) is 26.7. The van der Waals surface area contributed by atoms with E-state index in [1.54, 1.807) is 54.6 Å². The molecular formula is C28H31NO7. The van der Waals surface area contributed by atoms with Gasteiger partial charge in [-0.3, -0.25) is 0 Å². The fourth-order valence-electron chi connectivity index (χ4n) is 3.19. The Kier molecular flexibility index (Phi) is 8.68. The number of benzene rings is 3. The van der Waals surface area contributed by atoms with Crippen LogP contribution in [0.1, 0.15) is 53.2 Å². The van der Waals surface area contributed by atoms with E-state index < -0.39 is 18.0 Å². The van der Waals surface area contributed by atoms with E-state index in [0.717, 1.165) is 0 Å². The Balaban J connectivity index is 1.87. The van der Waals surface area contributed by atoms with Crippen LogP contribution >= 0.6 is 0 Å². The van der Waals surface area contributed by atoms with Crippen molar-refractivity contribution in [3.63, 3.8) is 0 Å². The van der Waals surface area contributed by atoms with Crippen molar-refractivity contribution in [1.82, 2.24) is 5.32 Å². The molecule has 0 spiro atoms. The summed E-state index contributed by atoms with van der Waals surface area (Å²) in [6, 6.07) is 17.4. The average molecular weight is 494 g/mol. The zero-order valence-corrected chi connectivity index (χ0v) is 21.0. The molecule has 1 unspecified atom stereocenters. The maximum absolute atomic E-state index is 12.8. The van der Waals surface area contributed by atoms with Gasteiger partial charge in [-0.25, -0.2) is 9.59 Å². The van der Waals surface area contributed by atoms with Crippen LogP contribution in [0.15, 0.2) is 66.7 Å². The first-order chi connectivity index (χ1) is 17.1. The summed E-state index contributed by atoms with van der Waals surface area (Å²) in [7, 11) is 3.06. The second kappa shape index (κ2) is 11.7. The first-order valence-electron chi connectivity index (χ1n) is 11.4.